The summed E-state index contributed by atoms with van der Waals surface area (Å²) < 4.78 is 50.2. The van der Waals surface area contributed by atoms with Gasteiger partial charge in [-0.1, -0.05) is 18.2 Å². The Bertz CT molecular complexity index is 1340. The molecule has 35 heavy (non-hydrogen) atoms. The number of aromatic amines is 1. The van der Waals surface area contributed by atoms with E-state index in [2.05, 4.69) is 21.5 Å². The van der Waals surface area contributed by atoms with Gasteiger partial charge in [0.2, 0.25) is 0 Å². The molecule has 3 aromatic rings. The third-order valence-electron chi connectivity index (χ3n) is 8.10. The van der Waals surface area contributed by atoms with Gasteiger partial charge >= 0.3 is 5.97 Å². The highest BCUT2D eigenvalue weighted by Gasteiger charge is 2.69. The lowest BCUT2D eigenvalue weighted by Gasteiger charge is -2.67. The van der Waals surface area contributed by atoms with Gasteiger partial charge in [0, 0.05) is 40.8 Å². The van der Waals surface area contributed by atoms with E-state index in [1.54, 1.807) is 0 Å². The molecule has 2 bridgehead atoms. The van der Waals surface area contributed by atoms with E-state index in [9.17, 15) is 9.18 Å². The van der Waals surface area contributed by atoms with Crippen LogP contribution >= 0.6 is 0 Å². The average molecular weight is 481 g/mol. The molecule has 2 atom stereocenters. The number of aromatic nitrogens is 1. The smallest absolute Gasteiger partial charge is 0.330 e. The van der Waals surface area contributed by atoms with Crippen LogP contribution < -0.4 is 0 Å². The number of hydrogen-bond donors (Lipinski definition) is 1. The molecule has 1 N–H and O–H groups in total. The van der Waals surface area contributed by atoms with Gasteiger partial charge in [-0.25, -0.2) is 18.0 Å². The molecular weight excluding hydrogens is 453 g/mol. The van der Waals surface area contributed by atoms with Crippen LogP contribution in [0.5, 0.6) is 0 Å². The van der Waals surface area contributed by atoms with Crippen LogP contribution in [0.2, 0.25) is 0 Å². The van der Waals surface area contributed by atoms with Crippen LogP contribution in [-0.2, 0) is 16.0 Å². The molecule has 0 spiro atoms. The SMILES string of the molecule is COC(=O)/C=C/c1cc(F)c([C@@H]2c3[nH]c4ccccc4c3C[C@@H](C)N2CC23CC(F)(C2)C3)c(F)c1. The van der Waals surface area contributed by atoms with Gasteiger partial charge in [0.1, 0.15) is 17.3 Å². The van der Waals surface area contributed by atoms with Gasteiger partial charge in [0.05, 0.1) is 13.2 Å². The summed E-state index contributed by atoms with van der Waals surface area (Å²) in [5.74, 6) is -1.96. The summed E-state index contributed by atoms with van der Waals surface area (Å²) >= 11 is 0. The maximum absolute atomic E-state index is 15.7. The number of alkyl halides is 1. The molecule has 7 rings (SSSR count). The molecule has 0 saturated heterocycles. The minimum atomic E-state index is -1.04. The Labute approximate surface area is 201 Å². The van der Waals surface area contributed by atoms with Crippen molar-refractivity contribution in [3.63, 3.8) is 0 Å². The van der Waals surface area contributed by atoms with Gasteiger partial charge in [-0.2, -0.15) is 0 Å². The monoisotopic (exact) mass is 480 g/mol. The molecular formula is C28H27F3N2O2. The Morgan fingerprint density at radius 2 is 1.89 bits per heavy atom. The molecule has 0 amide bonds. The molecule has 0 unspecified atom stereocenters. The minimum Gasteiger partial charge on any atom is -0.466 e. The van der Waals surface area contributed by atoms with Crippen LogP contribution in [-0.4, -0.2) is 41.2 Å². The predicted molar refractivity (Wildman–Crippen MR) is 128 cm³/mol. The first-order valence-electron chi connectivity index (χ1n) is 12.0. The highest BCUT2D eigenvalue weighted by atomic mass is 19.1. The van der Waals surface area contributed by atoms with E-state index >= 15 is 8.78 Å². The first kappa shape index (κ1) is 22.4. The topological polar surface area (TPSA) is 45.3 Å². The highest BCUT2D eigenvalue weighted by Crippen LogP contribution is 2.70. The van der Waals surface area contributed by atoms with Crippen molar-refractivity contribution in [3.8, 4) is 0 Å². The fourth-order valence-electron chi connectivity index (χ4n) is 6.67. The van der Waals surface area contributed by atoms with E-state index in [-0.39, 0.29) is 22.6 Å². The van der Waals surface area contributed by atoms with Crippen molar-refractivity contribution in [3.05, 3.63) is 76.5 Å². The maximum Gasteiger partial charge on any atom is 0.330 e. The summed E-state index contributed by atoms with van der Waals surface area (Å²) in [5, 5.41) is 1.06. The Morgan fingerprint density at radius 1 is 1.20 bits per heavy atom. The summed E-state index contributed by atoms with van der Waals surface area (Å²) in [6.45, 7) is 2.68. The molecule has 1 aromatic heterocycles. The molecule has 4 nitrogen and oxygen atoms in total. The van der Waals surface area contributed by atoms with Gasteiger partial charge in [-0.3, -0.25) is 4.90 Å². The number of benzene rings is 2. The van der Waals surface area contributed by atoms with Crippen molar-refractivity contribution in [2.24, 2.45) is 5.41 Å². The van der Waals surface area contributed by atoms with Crippen LogP contribution in [0, 0.1) is 17.0 Å². The average Bonchev–Trinajstić information content (AvgIpc) is 3.15. The van der Waals surface area contributed by atoms with Crippen LogP contribution in [0.25, 0.3) is 17.0 Å². The molecule has 1 aliphatic heterocycles. The lowest BCUT2D eigenvalue weighted by Crippen LogP contribution is -2.68. The van der Waals surface area contributed by atoms with E-state index in [1.165, 1.54) is 25.3 Å². The number of carbonyl (C=O) groups excluding carboxylic acids is 1. The number of nitrogens with one attached hydrogen (secondary N) is 1. The molecule has 4 aliphatic rings. The van der Waals surface area contributed by atoms with Crippen molar-refractivity contribution in [2.45, 2.75) is 50.4 Å². The summed E-state index contributed by atoms with van der Waals surface area (Å²) in [4.78, 5) is 17.0. The van der Waals surface area contributed by atoms with Crippen LogP contribution in [0.4, 0.5) is 13.2 Å². The normalized spacial score (nSPS) is 29.6. The Hall–Kier alpha value is -3.06. The van der Waals surface area contributed by atoms with Crippen LogP contribution in [0.1, 0.15) is 54.6 Å². The van der Waals surface area contributed by atoms with Crippen molar-refractivity contribution in [1.82, 2.24) is 9.88 Å². The van der Waals surface area contributed by atoms with E-state index in [0.717, 1.165) is 34.7 Å². The van der Waals surface area contributed by atoms with Crippen molar-refractivity contribution in [2.75, 3.05) is 13.7 Å². The van der Waals surface area contributed by atoms with Crippen LogP contribution in [0.3, 0.4) is 0 Å². The zero-order valence-electron chi connectivity index (χ0n) is 19.7. The number of halogens is 3. The maximum atomic E-state index is 15.7. The summed E-state index contributed by atoms with van der Waals surface area (Å²) in [6, 6.07) is 9.76. The molecule has 182 valence electrons. The molecule has 7 heteroatoms. The molecule has 3 aliphatic carbocycles. The predicted octanol–water partition coefficient (Wildman–Crippen LogP) is 5.86. The van der Waals surface area contributed by atoms with E-state index in [1.807, 2.05) is 24.3 Å². The quantitative estimate of drug-likeness (QED) is 0.368. The van der Waals surface area contributed by atoms with Gasteiger partial charge < -0.3 is 9.72 Å². The second-order valence-electron chi connectivity index (χ2n) is 10.6. The first-order chi connectivity index (χ1) is 16.7. The Balaban J connectivity index is 1.46. The number of carbonyl (C=O) groups is 1. The number of hydrogen-bond acceptors (Lipinski definition) is 3. The lowest BCUT2D eigenvalue weighted by atomic mass is 9.42. The highest BCUT2D eigenvalue weighted by molar-refractivity contribution is 5.87. The second-order valence-corrected chi connectivity index (χ2v) is 10.6. The minimum absolute atomic E-state index is 0.0222. The third-order valence-corrected chi connectivity index (χ3v) is 8.10. The van der Waals surface area contributed by atoms with Gasteiger partial charge in [0.25, 0.3) is 0 Å². The van der Waals surface area contributed by atoms with Gasteiger partial charge in [-0.15, -0.1) is 0 Å². The molecule has 0 radical (unpaired) electrons. The van der Waals surface area contributed by atoms with Crippen molar-refractivity contribution >= 4 is 22.9 Å². The number of methoxy groups -OCH3 is 1. The second kappa shape index (κ2) is 7.72. The fourth-order valence-corrected chi connectivity index (χ4v) is 6.67. The Morgan fingerprint density at radius 3 is 2.54 bits per heavy atom. The van der Waals surface area contributed by atoms with E-state index in [0.29, 0.717) is 25.8 Å². The molecule has 2 heterocycles. The van der Waals surface area contributed by atoms with E-state index in [4.69, 9.17) is 0 Å². The zero-order valence-corrected chi connectivity index (χ0v) is 19.7. The fraction of sp³-hybridized carbons (Fsp3) is 0.393. The number of H-pyrrole nitrogens is 1. The number of nitrogens with zero attached hydrogens (tertiary/aromatic N) is 1. The number of para-hydroxylation sites is 1. The zero-order chi connectivity index (χ0) is 24.5. The van der Waals surface area contributed by atoms with Crippen molar-refractivity contribution < 1.29 is 22.7 Å². The number of ether oxygens (including phenoxy) is 1. The van der Waals surface area contributed by atoms with Crippen molar-refractivity contribution in [1.29, 1.82) is 0 Å². The molecule has 2 aromatic carbocycles. The summed E-state index contributed by atoms with van der Waals surface area (Å²) in [6.07, 6.45) is 4.79. The number of fused-ring (bicyclic) bond motifs is 3. The standard InChI is InChI=1S/C28H27F3N2O2/c1-16-9-19-18-5-3-4-6-22(18)32-25(19)26(33(16)15-27-12-28(31,13-27)14-27)24-20(29)10-17(11-21(24)30)7-8-23(34)35-2/h3-8,10-11,16,26,32H,9,12-15H2,1-2H3/b8-7+/t16-,26-,27?,28?/m1/s1. The molecule has 3 saturated carbocycles. The largest absolute Gasteiger partial charge is 0.466 e. The first-order valence-corrected chi connectivity index (χ1v) is 12.0. The van der Waals surface area contributed by atoms with Gasteiger partial charge in [0.15, 0.2) is 0 Å². The van der Waals surface area contributed by atoms with Gasteiger partial charge in [-0.05, 0) is 73.4 Å². The number of rotatable bonds is 5. The van der Waals surface area contributed by atoms with Crippen LogP contribution in [0.15, 0.2) is 42.5 Å². The summed E-state index contributed by atoms with van der Waals surface area (Å²) in [5.41, 5.74) is 1.86. The van der Waals surface area contributed by atoms with E-state index < -0.39 is 29.3 Å². The molecule has 3 fully saturated rings. The number of esters is 1. The lowest BCUT2D eigenvalue weighted by molar-refractivity contribution is -0.226. The Kier molecular flexibility index (Phi) is 4.94. The summed E-state index contributed by atoms with van der Waals surface area (Å²) in [7, 11) is 1.24. The third kappa shape index (κ3) is 3.51.